The van der Waals surface area contributed by atoms with Gasteiger partial charge < -0.3 is 9.63 Å². The van der Waals surface area contributed by atoms with Crippen molar-refractivity contribution in [3.8, 4) is 0 Å². The van der Waals surface area contributed by atoms with Crippen molar-refractivity contribution < 1.29 is 14.4 Å². The van der Waals surface area contributed by atoms with Gasteiger partial charge in [-0.3, -0.25) is 0 Å². The summed E-state index contributed by atoms with van der Waals surface area (Å²) in [7, 11) is 0. The molecular weight excluding hydrogens is 170 g/mol. The molecule has 0 aliphatic carbocycles. The Morgan fingerprint density at radius 1 is 1.54 bits per heavy atom. The number of carbonyl (C=O) groups is 1. The van der Waals surface area contributed by atoms with Crippen molar-refractivity contribution >= 4 is 16.9 Å². The van der Waals surface area contributed by atoms with Gasteiger partial charge in [-0.15, -0.1) is 0 Å². The zero-order valence-corrected chi connectivity index (χ0v) is 6.94. The van der Waals surface area contributed by atoms with E-state index in [1.807, 2.05) is 13.0 Å². The number of hydrogen-bond acceptors (Lipinski definition) is 3. The number of aryl methyl sites for hydroxylation is 1. The highest BCUT2D eigenvalue weighted by molar-refractivity contribution is 6.01. The fraction of sp³-hybridized carbons (Fsp3) is 0.111. The fourth-order valence-electron chi connectivity index (χ4n) is 1.29. The third-order valence-electron chi connectivity index (χ3n) is 1.83. The molecule has 1 aromatic heterocycles. The summed E-state index contributed by atoms with van der Waals surface area (Å²) in [5, 5.41) is 13.1. The Kier molecular flexibility index (Phi) is 1.55. The average Bonchev–Trinajstić information content (AvgIpc) is 2.49. The number of hydrogen-bond donors (Lipinski definition) is 1. The van der Waals surface area contributed by atoms with Crippen LogP contribution < -0.4 is 0 Å². The van der Waals surface area contributed by atoms with Crippen molar-refractivity contribution in [3.05, 3.63) is 29.5 Å². The standard InChI is InChI=1S/C9H7NO3/c1-5-2-6-4-10-13-8(6)7(3-5)9(11)12/h2-4H,1H3,(H,11,12). The first-order valence-corrected chi connectivity index (χ1v) is 3.77. The van der Waals surface area contributed by atoms with Crippen molar-refractivity contribution in [3.63, 3.8) is 0 Å². The summed E-state index contributed by atoms with van der Waals surface area (Å²) < 4.78 is 4.83. The first-order chi connectivity index (χ1) is 6.18. The lowest BCUT2D eigenvalue weighted by atomic mass is 10.1. The summed E-state index contributed by atoms with van der Waals surface area (Å²) in [5.41, 5.74) is 1.37. The molecule has 1 aromatic carbocycles. The SMILES string of the molecule is Cc1cc(C(=O)O)c2oncc2c1. The number of carboxylic acid groups (broad SMARTS) is 1. The van der Waals surface area contributed by atoms with Crippen LogP contribution >= 0.6 is 0 Å². The van der Waals surface area contributed by atoms with E-state index in [4.69, 9.17) is 9.63 Å². The van der Waals surface area contributed by atoms with Crippen LogP contribution in [0, 0.1) is 6.92 Å². The number of nitrogens with zero attached hydrogens (tertiary/aromatic N) is 1. The van der Waals surface area contributed by atoms with E-state index >= 15 is 0 Å². The van der Waals surface area contributed by atoms with Gasteiger partial charge in [-0.1, -0.05) is 5.16 Å². The van der Waals surface area contributed by atoms with Crippen molar-refractivity contribution in [2.75, 3.05) is 0 Å². The summed E-state index contributed by atoms with van der Waals surface area (Å²) in [6.07, 6.45) is 1.51. The van der Waals surface area contributed by atoms with Gasteiger partial charge in [-0.05, 0) is 24.6 Å². The largest absolute Gasteiger partial charge is 0.478 e. The summed E-state index contributed by atoms with van der Waals surface area (Å²) >= 11 is 0. The lowest BCUT2D eigenvalue weighted by molar-refractivity contribution is 0.0697. The molecule has 1 N–H and O–H groups in total. The number of aromatic nitrogens is 1. The molecule has 0 aliphatic heterocycles. The lowest BCUT2D eigenvalue weighted by Crippen LogP contribution is -1.96. The van der Waals surface area contributed by atoms with Crippen LogP contribution in [-0.2, 0) is 0 Å². The molecule has 4 heteroatoms. The van der Waals surface area contributed by atoms with Gasteiger partial charge in [0.1, 0.15) is 5.56 Å². The zero-order chi connectivity index (χ0) is 9.42. The predicted octanol–water partition coefficient (Wildman–Crippen LogP) is 1.83. The molecule has 0 amide bonds. The van der Waals surface area contributed by atoms with E-state index in [2.05, 4.69) is 5.16 Å². The monoisotopic (exact) mass is 177 g/mol. The van der Waals surface area contributed by atoms with Crippen molar-refractivity contribution in [1.82, 2.24) is 5.16 Å². The molecule has 4 nitrogen and oxygen atoms in total. The molecule has 0 fully saturated rings. The van der Waals surface area contributed by atoms with Crippen molar-refractivity contribution in [2.24, 2.45) is 0 Å². The first-order valence-electron chi connectivity index (χ1n) is 3.77. The molecule has 0 bridgehead atoms. The molecule has 1 heterocycles. The molecule has 0 saturated carbocycles. The molecular formula is C9H7NO3. The molecule has 0 saturated heterocycles. The molecule has 0 spiro atoms. The Bertz CT molecular complexity index is 473. The Hall–Kier alpha value is -1.84. The fourth-order valence-corrected chi connectivity index (χ4v) is 1.29. The minimum atomic E-state index is -0.995. The maximum Gasteiger partial charge on any atom is 0.339 e. The van der Waals surface area contributed by atoms with Crippen molar-refractivity contribution in [2.45, 2.75) is 6.92 Å². The van der Waals surface area contributed by atoms with E-state index in [9.17, 15) is 4.79 Å². The number of benzene rings is 1. The summed E-state index contributed by atoms with van der Waals surface area (Å²) in [6.45, 7) is 1.83. The van der Waals surface area contributed by atoms with Crippen LogP contribution in [0.1, 0.15) is 15.9 Å². The van der Waals surface area contributed by atoms with E-state index in [0.29, 0.717) is 5.58 Å². The van der Waals surface area contributed by atoms with Gasteiger partial charge >= 0.3 is 5.97 Å². The second kappa shape index (κ2) is 2.58. The highest BCUT2D eigenvalue weighted by Crippen LogP contribution is 2.20. The van der Waals surface area contributed by atoms with Gasteiger partial charge in [0.15, 0.2) is 5.58 Å². The second-order valence-corrected chi connectivity index (χ2v) is 2.86. The molecule has 0 aliphatic rings. The third kappa shape index (κ3) is 1.16. The van der Waals surface area contributed by atoms with Crippen LogP contribution in [0.25, 0.3) is 11.0 Å². The molecule has 0 radical (unpaired) electrons. The van der Waals surface area contributed by atoms with Gasteiger partial charge in [0.2, 0.25) is 0 Å². The average molecular weight is 177 g/mol. The van der Waals surface area contributed by atoms with E-state index in [1.165, 1.54) is 6.20 Å². The number of rotatable bonds is 1. The van der Waals surface area contributed by atoms with Gasteiger partial charge in [-0.25, -0.2) is 4.79 Å². The summed E-state index contributed by atoms with van der Waals surface area (Å²) in [5.74, 6) is -0.995. The molecule has 0 atom stereocenters. The van der Waals surface area contributed by atoms with E-state index < -0.39 is 5.97 Å². The quantitative estimate of drug-likeness (QED) is 0.721. The minimum Gasteiger partial charge on any atom is -0.478 e. The first kappa shape index (κ1) is 7.79. The number of fused-ring (bicyclic) bond motifs is 1. The van der Waals surface area contributed by atoms with Gasteiger partial charge in [0.25, 0.3) is 0 Å². The van der Waals surface area contributed by atoms with Crippen LogP contribution in [0.5, 0.6) is 0 Å². The highest BCUT2D eigenvalue weighted by atomic mass is 16.5. The number of carboxylic acids is 1. The van der Waals surface area contributed by atoms with Crippen LogP contribution in [0.3, 0.4) is 0 Å². The van der Waals surface area contributed by atoms with E-state index in [0.717, 1.165) is 10.9 Å². The Morgan fingerprint density at radius 3 is 3.00 bits per heavy atom. The number of aromatic carboxylic acids is 1. The molecule has 13 heavy (non-hydrogen) atoms. The topological polar surface area (TPSA) is 63.3 Å². The Balaban J connectivity index is 2.84. The normalized spacial score (nSPS) is 10.5. The van der Waals surface area contributed by atoms with Crippen LogP contribution in [-0.4, -0.2) is 16.2 Å². The van der Waals surface area contributed by atoms with Crippen LogP contribution in [0.15, 0.2) is 22.9 Å². The lowest BCUT2D eigenvalue weighted by Gasteiger charge is -1.96. The Labute approximate surface area is 73.8 Å². The van der Waals surface area contributed by atoms with Gasteiger partial charge in [0.05, 0.1) is 6.20 Å². The van der Waals surface area contributed by atoms with E-state index in [-0.39, 0.29) is 5.56 Å². The maximum absolute atomic E-state index is 10.8. The molecule has 0 unspecified atom stereocenters. The highest BCUT2D eigenvalue weighted by Gasteiger charge is 2.12. The van der Waals surface area contributed by atoms with Crippen LogP contribution in [0.2, 0.25) is 0 Å². The molecule has 2 rings (SSSR count). The minimum absolute atomic E-state index is 0.160. The third-order valence-corrected chi connectivity index (χ3v) is 1.83. The zero-order valence-electron chi connectivity index (χ0n) is 6.94. The second-order valence-electron chi connectivity index (χ2n) is 2.86. The Morgan fingerprint density at radius 2 is 2.31 bits per heavy atom. The summed E-state index contributed by atoms with van der Waals surface area (Å²) in [4.78, 5) is 10.8. The van der Waals surface area contributed by atoms with Gasteiger partial charge in [0, 0.05) is 5.39 Å². The smallest absolute Gasteiger partial charge is 0.339 e. The van der Waals surface area contributed by atoms with Crippen molar-refractivity contribution in [1.29, 1.82) is 0 Å². The van der Waals surface area contributed by atoms with Gasteiger partial charge in [-0.2, -0.15) is 0 Å². The van der Waals surface area contributed by atoms with E-state index in [1.54, 1.807) is 6.07 Å². The molecule has 2 aromatic rings. The summed E-state index contributed by atoms with van der Waals surface area (Å²) in [6, 6.07) is 3.40. The molecule has 66 valence electrons. The maximum atomic E-state index is 10.8. The predicted molar refractivity (Wildman–Crippen MR) is 45.7 cm³/mol. The van der Waals surface area contributed by atoms with Crippen LogP contribution in [0.4, 0.5) is 0 Å².